The van der Waals surface area contributed by atoms with E-state index in [2.05, 4.69) is 0 Å². The minimum absolute atomic E-state index is 0.273. The Balaban J connectivity index is 2.17. The average molecular weight is 115 g/mol. The Bertz CT molecular complexity index is 82.1. The third-order valence-corrected chi connectivity index (χ3v) is 2.31. The molecule has 0 heterocycles. The van der Waals surface area contributed by atoms with Crippen LogP contribution in [0.15, 0.2) is 0 Å². The van der Waals surface area contributed by atoms with Gasteiger partial charge in [0.1, 0.15) is 0 Å². The van der Waals surface area contributed by atoms with Crippen LogP contribution in [0.1, 0.15) is 6.42 Å². The van der Waals surface area contributed by atoms with Crippen LogP contribution in [0.2, 0.25) is 0 Å². The van der Waals surface area contributed by atoms with Gasteiger partial charge >= 0.3 is 0 Å². The third-order valence-electron chi connectivity index (χ3n) is 1.19. The van der Waals surface area contributed by atoms with Crippen LogP contribution in [0.4, 0.5) is 0 Å². The maximum Gasteiger partial charge on any atom is 0.202 e. The van der Waals surface area contributed by atoms with Crippen molar-refractivity contribution in [1.29, 1.82) is 0 Å². The van der Waals surface area contributed by atoms with Crippen LogP contribution in [-0.4, -0.2) is 17.8 Å². The minimum Gasteiger partial charge on any atom is -0.291 e. The lowest BCUT2D eigenvalue weighted by Gasteiger charge is -1.78. The van der Waals surface area contributed by atoms with Crippen LogP contribution in [-0.2, 0) is 4.79 Å². The normalized spacial score (nSPS) is 37.9. The molecule has 1 aliphatic rings. The van der Waals surface area contributed by atoms with Gasteiger partial charge < -0.3 is 0 Å². The van der Waals surface area contributed by atoms with Gasteiger partial charge in [0.2, 0.25) is 6.29 Å². The Hall–Kier alpha value is 0.0200. The van der Waals surface area contributed by atoms with Crippen LogP contribution in [0.5, 0.6) is 0 Å². The van der Waals surface area contributed by atoms with E-state index in [9.17, 15) is 4.79 Å². The predicted octanol–water partition coefficient (Wildman–Crippen LogP) is 0.848. The van der Waals surface area contributed by atoms with E-state index in [4.69, 9.17) is 0 Å². The summed E-state index contributed by atoms with van der Waals surface area (Å²) >= 11 is 1.76. The molecule has 2 unspecified atom stereocenters. The summed E-state index contributed by atoms with van der Waals surface area (Å²) in [4.78, 5) is 9.80. The molecule has 1 aliphatic carbocycles. The molecular weight excluding hydrogens is 108 g/mol. The molecule has 1 radical (unpaired) electrons. The van der Waals surface area contributed by atoms with Gasteiger partial charge in [-0.25, -0.2) is 0 Å². The summed E-state index contributed by atoms with van der Waals surface area (Å²) in [6.07, 6.45) is 5.06. The van der Waals surface area contributed by atoms with Crippen molar-refractivity contribution >= 4 is 18.0 Å². The van der Waals surface area contributed by atoms with Crippen molar-refractivity contribution in [2.24, 2.45) is 5.92 Å². The summed E-state index contributed by atoms with van der Waals surface area (Å²) < 4.78 is 0. The molecule has 0 aromatic carbocycles. The standard InChI is InChI=1S/C5H7OS/c1-7-5-2-4(5)3-6/h4-5H,2H2,1H3. The van der Waals surface area contributed by atoms with E-state index in [1.807, 2.05) is 12.5 Å². The van der Waals surface area contributed by atoms with Gasteiger partial charge in [0.05, 0.1) is 0 Å². The number of thioether (sulfide) groups is 1. The third kappa shape index (κ3) is 0.969. The van der Waals surface area contributed by atoms with E-state index in [-0.39, 0.29) is 5.92 Å². The smallest absolute Gasteiger partial charge is 0.202 e. The molecule has 0 N–H and O–H groups in total. The Kier molecular flexibility index (Phi) is 1.38. The number of rotatable bonds is 2. The Morgan fingerprint density at radius 2 is 2.57 bits per heavy atom. The molecule has 1 saturated carbocycles. The lowest BCUT2D eigenvalue weighted by atomic mass is 10.5. The fraction of sp³-hybridized carbons (Fsp3) is 0.800. The van der Waals surface area contributed by atoms with E-state index < -0.39 is 0 Å². The van der Waals surface area contributed by atoms with Crippen LogP contribution in [0, 0.1) is 5.92 Å². The number of hydrogen-bond acceptors (Lipinski definition) is 2. The molecule has 0 spiro atoms. The zero-order chi connectivity index (χ0) is 5.28. The largest absolute Gasteiger partial charge is 0.291 e. The first-order valence-electron chi connectivity index (χ1n) is 2.29. The molecule has 1 nitrogen and oxygen atoms in total. The highest BCUT2D eigenvalue weighted by Gasteiger charge is 2.36. The summed E-state index contributed by atoms with van der Waals surface area (Å²) in [5.41, 5.74) is 0. The summed E-state index contributed by atoms with van der Waals surface area (Å²) in [6.45, 7) is 0. The quantitative estimate of drug-likeness (QED) is 0.530. The van der Waals surface area contributed by atoms with Gasteiger partial charge in [-0.1, -0.05) is 0 Å². The van der Waals surface area contributed by atoms with Crippen LogP contribution in [0.25, 0.3) is 0 Å². The maximum absolute atomic E-state index is 9.80. The van der Waals surface area contributed by atoms with Gasteiger partial charge in [-0.3, -0.25) is 4.79 Å². The SMILES string of the molecule is CSC1CC1[C]=O. The molecule has 0 aliphatic heterocycles. The number of carbonyl (C=O) groups excluding carboxylic acids is 1. The summed E-state index contributed by atoms with van der Waals surface area (Å²) in [6, 6.07) is 0. The van der Waals surface area contributed by atoms with Gasteiger partial charge in [0.25, 0.3) is 0 Å². The highest BCUT2D eigenvalue weighted by molar-refractivity contribution is 7.99. The monoisotopic (exact) mass is 115 g/mol. The van der Waals surface area contributed by atoms with Gasteiger partial charge in [-0.15, -0.1) is 0 Å². The van der Waals surface area contributed by atoms with Crippen LogP contribution >= 0.6 is 11.8 Å². The Morgan fingerprint density at radius 3 is 2.71 bits per heavy atom. The second-order valence-corrected chi connectivity index (χ2v) is 2.81. The summed E-state index contributed by atoms with van der Waals surface area (Å²) in [5.74, 6) is 0.273. The van der Waals surface area contributed by atoms with Gasteiger partial charge in [0.15, 0.2) is 0 Å². The molecule has 0 amide bonds. The fourth-order valence-corrected chi connectivity index (χ4v) is 1.34. The van der Waals surface area contributed by atoms with E-state index in [0.29, 0.717) is 5.25 Å². The van der Waals surface area contributed by atoms with Crippen molar-refractivity contribution in [3.63, 3.8) is 0 Å². The maximum atomic E-state index is 9.80. The fourth-order valence-electron chi connectivity index (χ4n) is 0.556. The van der Waals surface area contributed by atoms with E-state index in [1.165, 1.54) is 0 Å². The molecule has 2 heteroatoms. The summed E-state index contributed by atoms with van der Waals surface area (Å²) in [7, 11) is 0. The molecule has 0 aromatic rings. The predicted molar refractivity (Wildman–Crippen MR) is 31.1 cm³/mol. The van der Waals surface area contributed by atoms with Crippen LogP contribution in [0.3, 0.4) is 0 Å². The molecule has 7 heavy (non-hydrogen) atoms. The van der Waals surface area contributed by atoms with Crippen LogP contribution < -0.4 is 0 Å². The molecule has 1 rings (SSSR count). The van der Waals surface area contributed by atoms with Crippen molar-refractivity contribution in [2.45, 2.75) is 11.7 Å². The molecule has 0 aromatic heterocycles. The lowest BCUT2D eigenvalue weighted by molar-refractivity contribution is 0.549. The van der Waals surface area contributed by atoms with Gasteiger partial charge in [-0.2, -0.15) is 11.8 Å². The Labute approximate surface area is 47.5 Å². The van der Waals surface area contributed by atoms with Crippen molar-refractivity contribution in [3.05, 3.63) is 0 Å². The molecule has 2 atom stereocenters. The van der Waals surface area contributed by atoms with E-state index in [0.717, 1.165) is 6.42 Å². The van der Waals surface area contributed by atoms with Crippen molar-refractivity contribution < 1.29 is 4.79 Å². The Morgan fingerprint density at radius 1 is 1.86 bits per heavy atom. The topological polar surface area (TPSA) is 17.1 Å². The van der Waals surface area contributed by atoms with E-state index in [1.54, 1.807) is 11.8 Å². The minimum atomic E-state index is 0.273. The summed E-state index contributed by atoms with van der Waals surface area (Å²) in [5, 5.41) is 0.609. The average Bonchev–Trinajstić information content (AvgIpc) is 2.43. The second-order valence-electron chi connectivity index (χ2n) is 1.73. The number of hydrogen-bond donors (Lipinski definition) is 0. The molecule has 39 valence electrons. The highest BCUT2D eigenvalue weighted by Crippen LogP contribution is 2.38. The molecule has 0 bridgehead atoms. The zero-order valence-corrected chi connectivity index (χ0v) is 4.99. The lowest BCUT2D eigenvalue weighted by Crippen LogP contribution is -1.79. The van der Waals surface area contributed by atoms with Crippen molar-refractivity contribution in [2.75, 3.05) is 6.26 Å². The van der Waals surface area contributed by atoms with E-state index >= 15 is 0 Å². The second kappa shape index (κ2) is 1.86. The molecule has 0 saturated heterocycles. The highest BCUT2D eigenvalue weighted by atomic mass is 32.2. The van der Waals surface area contributed by atoms with Gasteiger partial charge in [-0.05, 0) is 12.7 Å². The first-order valence-corrected chi connectivity index (χ1v) is 3.57. The van der Waals surface area contributed by atoms with Gasteiger partial charge in [0, 0.05) is 11.2 Å². The molecule has 1 fully saturated rings. The zero-order valence-electron chi connectivity index (χ0n) is 4.18. The first-order chi connectivity index (χ1) is 3.38. The van der Waals surface area contributed by atoms with Crippen molar-refractivity contribution in [3.8, 4) is 0 Å². The first kappa shape index (κ1) is 5.16. The van der Waals surface area contributed by atoms with Crippen molar-refractivity contribution in [1.82, 2.24) is 0 Å². The molecular formula is C5H7OS.